The van der Waals surface area contributed by atoms with Gasteiger partial charge in [-0.25, -0.2) is 0 Å². The van der Waals surface area contributed by atoms with Crippen LogP contribution in [0.3, 0.4) is 0 Å². The molecule has 1 N–H and O–H groups in total. The van der Waals surface area contributed by atoms with Gasteiger partial charge in [-0.2, -0.15) is 0 Å². The summed E-state index contributed by atoms with van der Waals surface area (Å²) in [5.74, 6) is 1.90. The van der Waals surface area contributed by atoms with Gasteiger partial charge in [-0.05, 0) is 70.8 Å². The lowest BCUT2D eigenvalue weighted by molar-refractivity contribution is 0.00000343. The SMILES string of the molecule is Cc1ccc(-c2ccccc2CN2CCN(C3CCN(C(C)C)CC3)[C@@H](CCO)C2)o1. The average Bonchev–Trinajstić information content (AvgIpc) is 3.21. The number of furan rings is 1. The molecule has 1 aromatic heterocycles. The standard InChI is InChI=1S/C26H39N3O2/c1-20(2)28-13-10-23(11-14-28)29-16-15-27(19-24(29)12-17-30)18-22-6-4-5-7-25(22)26-9-8-21(3)31-26/h4-9,20,23-24,30H,10-19H2,1-3H3/t24-/m0/s1. The third-order valence-electron chi connectivity index (χ3n) is 7.19. The summed E-state index contributed by atoms with van der Waals surface area (Å²) < 4.78 is 5.92. The number of nitrogens with zero attached hydrogens (tertiary/aromatic N) is 3. The molecule has 0 amide bonds. The maximum atomic E-state index is 9.75. The summed E-state index contributed by atoms with van der Waals surface area (Å²) in [6.45, 7) is 13.4. The molecular weight excluding hydrogens is 386 g/mol. The Kier molecular flexibility index (Phi) is 7.49. The molecule has 0 saturated carbocycles. The molecule has 2 aromatic rings. The zero-order valence-electron chi connectivity index (χ0n) is 19.5. The Morgan fingerprint density at radius 2 is 1.81 bits per heavy atom. The van der Waals surface area contributed by atoms with Gasteiger partial charge in [-0.1, -0.05) is 24.3 Å². The van der Waals surface area contributed by atoms with Crippen LogP contribution < -0.4 is 0 Å². The van der Waals surface area contributed by atoms with Crippen molar-refractivity contribution >= 4 is 0 Å². The van der Waals surface area contributed by atoms with Crippen molar-refractivity contribution in [3.05, 3.63) is 47.7 Å². The second kappa shape index (κ2) is 10.3. The first-order chi connectivity index (χ1) is 15.0. The van der Waals surface area contributed by atoms with Gasteiger partial charge in [0, 0.05) is 56.5 Å². The van der Waals surface area contributed by atoms with Crippen LogP contribution in [0.25, 0.3) is 11.3 Å². The highest BCUT2D eigenvalue weighted by Crippen LogP contribution is 2.29. The van der Waals surface area contributed by atoms with Crippen LogP contribution in [-0.4, -0.2) is 77.3 Å². The second-order valence-corrected chi connectivity index (χ2v) is 9.57. The van der Waals surface area contributed by atoms with E-state index in [9.17, 15) is 5.11 Å². The van der Waals surface area contributed by atoms with Crippen molar-refractivity contribution < 1.29 is 9.52 Å². The molecule has 4 rings (SSSR count). The average molecular weight is 426 g/mol. The Balaban J connectivity index is 1.42. The number of aliphatic hydroxyl groups is 1. The molecule has 0 aliphatic carbocycles. The smallest absolute Gasteiger partial charge is 0.134 e. The monoisotopic (exact) mass is 425 g/mol. The highest BCUT2D eigenvalue weighted by molar-refractivity contribution is 5.62. The van der Waals surface area contributed by atoms with E-state index < -0.39 is 0 Å². The number of aryl methyl sites for hydroxylation is 1. The number of piperazine rings is 1. The van der Waals surface area contributed by atoms with Crippen molar-refractivity contribution in [1.29, 1.82) is 0 Å². The molecular formula is C26H39N3O2. The molecule has 1 aromatic carbocycles. The Labute approximate surface area is 187 Å². The minimum absolute atomic E-state index is 0.266. The normalized spacial score (nSPS) is 22.4. The number of piperidine rings is 1. The van der Waals surface area contributed by atoms with E-state index in [0.29, 0.717) is 18.1 Å². The number of hydrogen-bond acceptors (Lipinski definition) is 5. The third kappa shape index (κ3) is 5.40. The van der Waals surface area contributed by atoms with Gasteiger partial charge in [0.25, 0.3) is 0 Å². The Bertz CT molecular complexity index is 826. The van der Waals surface area contributed by atoms with Crippen LogP contribution in [0.2, 0.25) is 0 Å². The Morgan fingerprint density at radius 1 is 1.03 bits per heavy atom. The molecule has 2 saturated heterocycles. The molecule has 170 valence electrons. The van der Waals surface area contributed by atoms with E-state index in [0.717, 1.165) is 44.1 Å². The van der Waals surface area contributed by atoms with E-state index in [1.807, 2.05) is 13.0 Å². The van der Waals surface area contributed by atoms with Crippen LogP contribution in [0.1, 0.15) is 44.4 Å². The zero-order valence-corrected chi connectivity index (χ0v) is 19.5. The van der Waals surface area contributed by atoms with E-state index in [1.54, 1.807) is 0 Å². The van der Waals surface area contributed by atoms with Crippen LogP contribution in [0.5, 0.6) is 0 Å². The zero-order chi connectivity index (χ0) is 21.8. The minimum atomic E-state index is 0.266. The van der Waals surface area contributed by atoms with Crippen LogP contribution >= 0.6 is 0 Å². The quantitative estimate of drug-likeness (QED) is 0.726. The van der Waals surface area contributed by atoms with Crippen LogP contribution in [0.4, 0.5) is 0 Å². The molecule has 31 heavy (non-hydrogen) atoms. The summed E-state index contributed by atoms with van der Waals surface area (Å²) in [5.41, 5.74) is 2.51. The predicted molar refractivity (Wildman–Crippen MR) is 126 cm³/mol. The first-order valence-electron chi connectivity index (χ1n) is 12.0. The van der Waals surface area contributed by atoms with Crippen molar-refractivity contribution in [2.45, 2.75) is 64.7 Å². The summed E-state index contributed by atoms with van der Waals surface area (Å²) in [7, 11) is 0. The first-order valence-corrected chi connectivity index (χ1v) is 12.0. The van der Waals surface area contributed by atoms with Crippen LogP contribution in [0, 0.1) is 6.92 Å². The summed E-state index contributed by atoms with van der Waals surface area (Å²) >= 11 is 0. The predicted octanol–water partition coefficient (Wildman–Crippen LogP) is 4.00. The maximum Gasteiger partial charge on any atom is 0.134 e. The van der Waals surface area contributed by atoms with E-state index >= 15 is 0 Å². The van der Waals surface area contributed by atoms with Crippen LogP contribution in [0.15, 0.2) is 40.8 Å². The molecule has 2 aliphatic rings. The number of hydrogen-bond donors (Lipinski definition) is 1. The van der Waals surface area contributed by atoms with Gasteiger partial charge in [0.2, 0.25) is 0 Å². The molecule has 5 nitrogen and oxygen atoms in total. The van der Waals surface area contributed by atoms with E-state index in [1.165, 1.54) is 37.1 Å². The summed E-state index contributed by atoms with van der Waals surface area (Å²) in [6.07, 6.45) is 3.36. The molecule has 5 heteroatoms. The van der Waals surface area contributed by atoms with Gasteiger partial charge in [0.15, 0.2) is 0 Å². The molecule has 0 unspecified atom stereocenters. The lowest BCUT2D eigenvalue weighted by Crippen LogP contribution is -2.58. The molecule has 3 heterocycles. The fraction of sp³-hybridized carbons (Fsp3) is 0.615. The summed E-state index contributed by atoms with van der Waals surface area (Å²) in [4.78, 5) is 7.88. The van der Waals surface area contributed by atoms with Gasteiger partial charge < -0.3 is 14.4 Å². The molecule has 0 bridgehead atoms. The van der Waals surface area contributed by atoms with E-state index in [4.69, 9.17) is 4.42 Å². The fourth-order valence-electron chi connectivity index (χ4n) is 5.42. The molecule has 2 fully saturated rings. The van der Waals surface area contributed by atoms with Crippen molar-refractivity contribution in [2.24, 2.45) is 0 Å². The van der Waals surface area contributed by atoms with E-state index in [2.05, 4.69) is 58.9 Å². The Hall–Kier alpha value is -1.66. The van der Waals surface area contributed by atoms with Crippen molar-refractivity contribution in [3.63, 3.8) is 0 Å². The van der Waals surface area contributed by atoms with Gasteiger partial charge in [0.05, 0.1) is 0 Å². The van der Waals surface area contributed by atoms with E-state index in [-0.39, 0.29) is 6.61 Å². The van der Waals surface area contributed by atoms with Crippen LogP contribution in [-0.2, 0) is 6.54 Å². The highest BCUT2D eigenvalue weighted by Gasteiger charge is 2.34. The Morgan fingerprint density at radius 3 is 2.48 bits per heavy atom. The number of aliphatic hydroxyl groups excluding tert-OH is 1. The van der Waals surface area contributed by atoms with Gasteiger partial charge >= 0.3 is 0 Å². The highest BCUT2D eigenvalue weighted by atomic mass is 16.3. The molecule has 0 radical (unpaired) electrons. The number of rotatable bonds is 7. The summed E-state index contributed by atoms with van der Waals surface area (Å²) in [6, 6.07) is 14.4. The van der Waals surface area contributed by atoms with Crippen molar-refractivity contribution in [3.8, 4) is 11.3 Å². The largest absolute Gasteiger partial charge is 0.461 e. The first kappa shape index (κ1) is 22.5. The second-order valence-electron chi connectivity index (χ2n) is 9.57. The molecule has 2 aliphatic heterocycles. The van der Waals surface area contributed by atoms with Gasteiger partial charge in [-0.15, -0.1) is 0 Å². The third-order valence-corrected chi connectivity index (χ3v) is 7.19. The molecule has 1 atom stereocenters. The van der Waals surface area contributed by atoms with Gasteiger partial charge in [-0.3, -0.25) is 9.80 Å². The fourth-order valence-corrected chi connectivity index (χ4v) is 5.42. The lowest BCUT2D eigenvalue weighted by atomic mass is 9.97. The number of likely N-dealkylation sites (tertiary alicyclic amines) is 1. The lowest BCUT2D eigenvalue weighted by Gasteiger charge is -2.48. The number of benzene rings is 1. The van der Waals surface area contributed by atoms with Crippen molar-refractivity contribution in [2.75, 3.05) is 39.3 Å². The maximum absolute atomic E-state index is 9.75. The minimum Gasteiger partial charge on any atom is -0.461 e. The van der Waals surface area contributed by atoms with Crippen molar-refractivity contribution in [1.82, 2.24) is 14.7 Å². The summed E-state index contributed by atoms with van der Waals surface area (Å²) in [5, 5.41) is 9.75. The molecule has 0 spiro atoms. The van der Waals surface area contributed by atoms with Gasteiger partial charge in [0.1, 0.15) is 11.5 Å². The topological polar surface area (TPSA) is 43.1 Å².